The summed E-state index contributed by atoms with van der Waals surface area (Å²) in [6.45, 7) is 0.919. The molecule has 102 valence electrons. The fourth-order valence-corrected chi connectivity index (χ4v) is 2.44. The molecule has 1 amide bonds. The lowest BCUT2D eigenvalue weighted by molar-refractivity contribution is 0.0729. The molecule has 1 aliphatic heterocycles. The van der Waals surface area contributed by atoms with E-state index in [2.05, 4.69) is 4.98 Å². The zero-order valence-electron chi connectivity index (χ0n) is 10.7. The molecule has 0 fully saturated rings. The van der Waals surface area contributed by atoms with Gasteiger partial charge in [0.05, 0.1) is 11.8 Å². The Balaban J connectivity index is 1.87. The van der Waals surface area contributed by atoms with E-state index >= 15 is 0 Å². The van der Waals surface area contributed by atoms with Crippen molar-refractivity contribution in [2.45, 2.75) is 13.0 Å². The third-order valence-corrected chi connectivity index (χ3v) is 3.49. The number of nitrogens with zero attached hydrogens (tertiary/aromatic N) is 2. The second-order valence-electron chi connectivity index (χ2n) is 4.79. The van der Waals surface area contributed by atoms with Crippen LogP contribution in [0.25, 0.3) is 0 Å². The van der Waals surface area contributed by atoms with Crippen molar-refractivity contribution >= 4 is 5.91 Å². The van der Waals surface area contributed by atoms with Gasteiger partial charge in [0.1, 0.15) is 5.75 Å². The molecule has 2 heterocycles. The summed E-state index contributed by atoms with van der Waals surface area (Å²) in [6, 6.07) is 6.53. The minimum atomic E-state index is -0.612. The minimum absolute atomic E-state index is 0.0311. The summed E-state index contributed by atoms with van der Waals surface area (Å²) in [4.78, 5) is 17.5. The Morgan fingerprint density at radius 1 is 1.30 bits per heavy atom. The number of hydrogen-bond acceptors (Lipinski definition) is 3. The van der Waals surface area contributed by atoms with Crippen molar-refractivity contribution in [3.05, 3.63) is 59.2 Å². The van der Waals surface area contributed by atoms with Gasteiger partial charge in [-0.1, -0.05) is 6.07 Å². The molecule has 1 N–H and O–H groups in total. The molecule has 0 radical (unpaired) electrons. The number of fused-ring (bicyclic) bond motifs is 1. The zero-order valence-corrected chi connectivity index (χ0v) is 10.7. The fourth-order valence-electron chi connectivity index (χ4n) is 2.44. The van der Waals surface area contributed by atoms with Crippen molar-refractivity contribution in [2.24, 2.45) is 0 Å². The van der Waals surface area contributed by atoms with Crippen LogP contribution in [0.2, 0.25) is 0 Å². The number of aromatic nitrogens is 1. The molecular formula is C15H13FN2O2. The van der Waals surface area contributed by atoms with E-state index < -0.39 is 5.82 Å². The Kier molecular flexibility index (Phi) is 3.10. The Labute approximate surface area is 115 Å². The molecular weight excluding hydrogens is 259 g/mol. The summed E-state index contributed by atoms with van der Waals surface area (Å²) in [7, 11) is 0. The van der Waals surface area contributed by atoms with Gasteiger partial charge in [0.2, 0.25) is 0 Å². The predicted molar refractivity (Wildman–Crippen MR) is 70.7 cm³/mol. The monoisotopic (exact) mass is 272 g/mol. The Bertz CT molecular complexity index is 673. The van der Waals surface area contributed by atoms with Crippen LogP contribution < -0.4 is 0 Å². The maximum Gasteiger partial charge on any atom is 0.257 e. The van der Waals surface area contributed by atoms with Crippen LogP contribution in [-0.4, -0.2) is 27.4 Å². The average Bonchev–Trinajstić information content (AvgIpc) is 2.46. The number of phenolic OH excluding ortho intramolecular Hbond substituents is 1. The Morgan fingerprint density at radius 2 is 2.15 bits per heavy atom. The van der Waals surface area contributed by atoms with Crippen LogP contribution in [0.5, 0.6) is 5.75 Å². The summed E-state index contributed by atoms with van der Waals surface area (Å²) in [5, 5.41) is 9.50. The number of carbonyl (C=O) groups is 1. The largest absolute Gasteiger partial charge is 0.508 e. The van der Waals surface area contributed by atoms with E-state index in [4.69, 9.17) is 0 Å². The molecule has 0 aliphatic carbocycles. The number of halogens is 1. The summed E-state index contributed by atoms with van der Waals surface area (Å²) < 4.78 is 13.6. The van der Waals surface area contributed by atoms with Crippen molar-refractivity contribution in [3.8, 4) is 5.75 Å². The van der Waals surface area contributed by atoms with Gasteiger partial charge >= 0.3 is 0 Å². The molecule has 20 heavy (non-hydrogen) atoms. The number of amides is 1. The van der Waals surface area contributed by atoms with E-state index in [1.165, 1.54) is 12.3 Å². The van der Waals surface area contributed by atoms with E-state index in [1.54, 1.807) is 17.0 Å². The van der Waals surface area contributed by atoms with E-state index in [0.717, 1.165) is 17.3 Å². The van der Waals surface area contributed by atoms with Gasteiger partial charge in [0.15, 0.2) is 5.82 Å². The first-order chi connectivity index (χ1) is 9.65. The highest BCUT2D eigenvalue weighted by molar-refractivity contribution is 5.94. The van der Waals surface area contributed by atoms with Gasteiger partial charge in [0, 0.05) is 19.3 Å². The first kappa shape index (κ1) is 12.6. The van der Waals surface area contributed by atoms with Crippen LogP contribution in [-0.2, 0) is 13.0 Å². The highest BCUT2D eigenvalue weighted by Crippen LogP contribution is 2.24. The summed E-state index contributed by atoms with van der Waals surface area (Å²) in [5.41, 5.74) is 2.05. The van der Waals surface area contributed by atoms with E-state index in [1.807, 2.05) is 6.07 Å². The van der Waals surface area contributed by atoms with Crippen molar-refractivity contribution in [1.82, 2.24) is 9.88 Å². The summed E-state index contributed by atoms with van der Waals surface area (Å²) >= 11 is 0. The van der Waals surface area contributed by atoms with Crippen LogP contribution in [0.15, 0.2) is 36.7 Å². The van der Waals surface area contributed by atoms with Crippen LogP contribution >= 0.6 is 0 Å². The van der Waals surface area contributed by atoms with Crippen LogP contribution in [0.1, 0.15) is 21.5 Å². The Hall–Kier alpha value is -2.43. The van der Waals surface area contributed by atoms with Crippen molar-refractivity contribution in [3.63, 3.8) is 0 Å². The lowest BCUT2D eigenvalue weighted by Gasteiger charge is -2.29. The van der Waals surface area contributed by atoms with Gasteiger partial charge in [0.25, 0.3) is 5.91 Å². The number of pyridine rings is 1. The third-order valence-electron chi connectivity index (χ3n) is 3.49. The summed E-state index contributed by atoms with van der Waals surface area (Å²) in [6.07, 6.45) is 3.14. The molecule has 0 unspecified atom stereocenters. The first-order valence-corrected chi connectivity index (χ1v) is 6.34. The van der Waals surface area contributed by atoms with E-state index in [-0.39, 0.29) is 17.2 Å². The number of phenols is 1. The zero-order chi connectivity index (χ0) is 14.1. The average molecular weight is 272 g/mol. The number of carbonyl (C=O) groups excluding carboxylic acids is 1. The molecule has 0 saturated heterocycles. The molecule has 1 aromatic heterocycles. The smallest absolute Gasteiger partial charge is 0.257 e. The van der Waals surface area contributed by atoms with Gasteiger partial charge in [-0.3, -0.25) is 9.78 Å². The predicted octanol–water partition coefficient (Wildman–Crippen LogP) is 2.12. The highest BCUT2D eigenvalue weighted by Gasteiger charge is 2.23. The quantitative estimate of drug-likeness (QED) is 0.865. The van der Waals surface area contributed by atoms with Crippen LogP contribution in [0.4, 0.5) is 4.39 Å². The van der Waals surface area contributed by atoms with Gasteiger partial charge in [-0.25, -0.2) is 4.39 Å². The molecule has 0 bridgehead atoms. The molecule has 0 spiro atoms. The second-order valence-corrected chi connectivity index (χ2v) is 4.79. The second kappa shape index (κ2) is 4.92. The maximum absolute atomic E-state index is 13.6. The molecule has 0 saturated carbocycles. The molecule has 0 atom stereocenters. The topological polar surface area (TPSA) is 53.4 Å². The van der Waals surface area contributed by atoms with Gasteiger partial charge < -0.3 is 10.0 Å². The standard InChI is InChI=1S/C15H13FN2O2/c16-14-8-17-5-3-13(14)15(20)18-6-4-10-1-2-12(19)7-11(10)9-18/h1-3,5,7-8,19H,4,6,9H2. The molecule has 3 rings (SSSR count). The lowest BCUT2D eigenvalue weighted by Crippen LogP contribution is -2.36. The minimum Gasteiger partial charge on any atom is -0.508 e. The van der Waals surface area contributed by atoms with Crippen LogP contribution in [0, 0.1) is 5.82 Å². The third kappa shape index (κ3) is 2.22. The van der Waals surface area contributed by atoms with Crippen molar-refractivity contribution < 1.29 is 14.3 Å². The summed E-state index contributed by atoms with van der Waals surface area (Å²) in [5.74, 6) is -0.786. The highest BCUT2D eigenvalue weighted by atomic mass is 19.1. The number of benzene rings is 1. The molecule has 4 nitrogen and oxygen atoms in total. The maximum atomic E-state index is 13.6. The number of aromatic hydroxyl groups is 1. The number of hydrogen-bond donors (Lipinski definition) is 1. The fraction of sp³-hybridized carbons (Fsp3) is 0.200. The SMILES string of the molecule is O=C(c1ccncc1F)N1CCc2ccc(O)cc2C1. The molecule has 2 aromatic rings. The molecule has 5 heteroatoms. The van der Waals surface area contributed by atoms with Crippen molar-refractivity contribution in [2.75, 3.05) is 6.54 Å². The molecule has 1 aliphatic rings. The van der Waals surface area contributed by atoms with Gasteiger partial charge in [-0.15, -0.1) is 0 Å². The first-order valence-electron chi connectivity index (χ1n) is 6.34. The van der Waals surface area contributed by atoms with Crippen molar-refractivity contribution in [1.29, 1.82) is 0 Å². The Morgan fingerprint density at radius 3 is 2.95 bits per heavy atom. The van der Waals surface area contributed by atoms with Crippen LogP contribution in [0.3, 0.4) is 0 Å². The molecule has 1 aromatic carbocycles. The normalized spacial score (nSPS) is 13.9. The van der Waals surface area contributed by atoms with E-state index in [0.29, 0.717) is 19.5 Å². The number of rotatable bonds is 1. The van der Waals surface area contributed by atoms with Gasteiger partial charge in [-0.05, 0) is 35.7 Å². The van der Waals surface area contributed by atoms with Gasteiger partial charge in [-0.2, -0.15) is 0 Å². The lowest BCUT2D eigenvalue weighted by atomic mass is 9.99. The van der Waals surface area contributed by atoms with E-state index in [9.17, 15) is 14.3 Å².